The van der Waals surface area contributed by atoms with Gasteiger partial charge in [-0.15, -0.1) is 0 Å². The fourth-order valence-electron chi connectivity index (χ4n) is 1.68. The van der Waals surface area contributed by atoms with E-state index in [0.717, 1.165) is 4.47 Å². The molecule has 0 aliphatic carbocycles. The number of amides is 1. The zero-order chi connectivity index (χ0) is 14.9. The standard InChI is InChI=1S/C12H9BrClN3O3/c1-16-6-7(13)4-11(16)12(18)15-8-2-3-9(14)10(5-8)17(19)20/h2-6H,1H3,(H,15,18). The summed E-state index contributed by atoms with van der Waals surface area (Å²) in [5.41, 5.74) is 0.482. The third kappa shape index (κ3) is 3.00. The molecule has 0 saturated carbocycles. The number of carbonyl (C=O) groups is 1. The van der Waals surface area contributed by atoms with Crippen molar-refractivity contribution in [3.8, 4) is 0 Å². The first kappa shape index (κ1) is 14.5. The lowest BCUT2D eigenvalue weighted by molar-refractivity contribution is -0.384. The number of nitro groups is 1. The van der Waals surface area contributed by atoms with Crippen molar-refractivity contribution in [1.29, 1.82) is 0 Å². The molecule has 0 aliphatic heterocycles. The quantitative estimate of drug-likeness (QED) is 0.672. The van der Waals surface area contributed by atoms with Crippen LogP contribution < -0.4 is 5.32 Å². The number of aryl methyl sites for hydroxylation is 1. The fourth-order valence-corrected chi connectivity index (χ4v) is 2.39. The molecule has 2 rings (SSSR count). The molecule has 1 aromatic heterocycles. The third-order valence-corrected chi connectivity index (χ3v) is 3.36. The molecule has 104 valence electrons. The molecule has 1 heterocycles. The van der Waals surface area contributed by atoms with Gasteiger partial charge in [-0.3, -0.25) is 14.9 Å². The second kappa shape index (κ2) is 5.64. The molecule has 2 aromatic rings. The van der Waals surface area contributed by atoms with E-state index in [9.17, 15) is 14.9 Å². The molecule has 0 unspecified atom stereocenters. The Morgan fingerprint density at radius 2 is 2.15 bits per heavy atom. The Hall–Kier alpha value is -1.86. The van der Waals surface area contributed by atoms with Crippen molar-refractivity contribution in [3.63, 3.8) is 0 Å². The maximum atomic E-state index is 12.1. The second-order valence-corrected chi connectivity index (χ2v) is 5.35. The van der Waals surface area contributed by atoms with E-state index in [-0.39, 0.29) is 16.6 Å². The van der Waals surface area contributed by atoms with Gasteiger partial charge in [-0.1, -0.05) is 11.6 Å². The first-order valence-corrected chi connectivity index (χ1v) is 6.62. The van der Waals surface area contributed by atoms with Crippen LogP contribution in [0.15, 0.2) is 34.9 Å². The summed E-state index contributed by atoms with van der Waals surface area (Å²) in [7, 11) is 1.73. The number of carbonyl (C=O) groups excluding carboxylic acids is 1. The highest BCUT2D eigenvalue weighted by Crippen LogP contribution is 2.27. The molecular weight excluding hydrogens is 350 g/mol. The van der Waals surface area contributed by atoms with Crippen molar-refractivity contribution < 1.29 is 9.72 Å². The van der Waals surface area contributed by atoms with Gasteiger partial charge >= 0.3 is 0 Å². The first-order valence-electron chi connectivity index (χ1n) is 5.45. The summed E-state index contributed by atoms with van der Waals surface area (Å²) in [6.45, 7) is 0. The number of hydrogen-bond acceptors (Lipinski definition) is 3. The fraction of sp³-hybridized carbons (Fsp3) is 0.0833. The number of nitrogens with zero attached hydrogens (tertiary/aromatic N) is 2. The van der Waals surface area contributed by atoms with Crippen molar-refractivity contribution >= 4 is 44.8 Å². The summed E-state index contributed by atoms with van der Waals surface area (Å²) in [5, 5.41) is 13.4. The van der Waals surface area contributed by atoms with Crippen molar-refractivity contribution in [3.05, 3.63) is 55.8 Å². The molecule has 0 atom stereocenters. The van der Waals surface area contributed by atoms with Crippen LogP contribution in [0.4, 0.5) is 11.4 Å². The summed E-state index contributed by atoms with van der Waals surface area (Å²) in [6.07, 6.45) is 1.74. The second-order valence-electron chi connectivity index (χ2n) is 4.03. The molecule has 8 heteroatoms. The minimum atomic E-state index is -0.600. The van der Waals surface area contributed by atoms with Crippen LogP contribution in [0.5, 0.6) is 0 Å². The molecule has 1 N–H and O–H groups in total. The topological polar surface area (TPSA) is 77.2 Å². The van der Waals surface area contributed by atoms with Gasteiger partial charge in [0.05, 0.1) is 4.92 Å². The normalized spacial score (nSPS) is 10.3. The molecule has 0 spiro atoms. The van der Waals surface area contributed by atoms with Crippen LogP contribution in [0, 0.1) is 10.1 Å². The summed E-state index contributed by atoms with van der Waals surface area (Å²) in [4.78, 5) is 22.2. The summed E-state index contributed by atoms with van der Waals surface area (Å²) >= 11 is 8.98. The van der Waals surface area contributed by atoms with E-state index in [2.05, 4.69) is 21.2 Å². The van der Waals surface area contributed by atoms with E-state index in [4.69, 9.17) is 11.6 Å². The molecule has 1 amide bonds. The number of aromatic nitrogens is 1. The van der Waals surface area contributed by atoms with Crippen LogP contribution >= 0.6 is 27.5 Å². The van der Waals surface area contributed by atoms with E-state index in [1.807, 2.05) is 0 Å². The van der Waals surface area contributed by atoms with Crippen LogP contribution in [0.25, 0.3) is 0 Å². The summed E-state index contributed by atoms with van der Waals surface area (Å²) in [6, 6.07) is 5.75. The largest absolute Gasteiger partial charge is 0.345 e. The number of anilines is 1. The maximum absolute atomic E-state index is 12.1. The lowest BCUT2D eigenvalue weighted by Gasteiger charge is -2.06. The van der Waals surface area contributed by atoms with Crippen molar-refractivity contribution in [2.75, 3.05) is 5.32 Å². The van der Waals surface area contributed by atoms with Gasteiger partial charge in [0.15, 0.2) is 0 Å². The highest BCUT2D eigenvalue weighted by atomic mass is 79.9. The van der Waals surface area contributed by atoms with E-state index in [0.29, 0.717) is 11.4 Å². The lowest BCUT2D eigenvalue weighted by Crippen LogP contribution is -2.15. The zero-order valence-electron chi connectivity index (χ0n) is 10.3. The monoisotopic (exact) mass is 357 g/mol. The molecule has 0 fully saturated rings. The number of hydrogen-bond donors (Lipinski definition) is 1. The van der Waals surface area contributed by atoms with Crippen LogP contribution in [-0.4, -0.2) is 15.4 Å². The zero-order valence-corrected chi connectivity index (χ0v) is 12.6. The average Bonchev–Trinajstić information content (AvgIpc) is 2.70. The molecule has 0 bridgehead atoms. The van der Waals surface area contributed by atoms with Crippen molar-refractivity contribution in [2.45, 2.75) is 0 Å². The molecule has 1 aromatic carbocycles. The Balaban J connectivity index is 2.26. The first-order chi connectivity index (χ1) is 9.38. The van der Waals surface area contributed by atoms with Gasteiger partial charge in [-0.05, 0) is 34.1 Å². The van der Waals surface area contributed by atoms with Gasteiger partial charge in [0.1, 0.15) is 10.7 Å². The SMILES string of the molecule is Cn1cc(Br)cc1C(=O)Nc1ccc(Cl)c([N+](=O)[O-])c1. The molecule has 0 aliphatic rings. The number of halogens is 2. The predicted molar refractivity (Wildman–Crippen MR) is 79.2 cm³/mol. The molecule has 20 heavy (non-hydrogen) atoms. The summed E-state index contributed by atoms with van der Waals surface area (Å²) < 4.78 is 2.41. The number of benzene rings is 1. The van der Waals surface area contributed by atoms with Crippen LogP contribution in [0.3, 0.4) is 0 Å². The van der Waals surface area contributed by atoms with Gasteiger partial charge < -0.3 is 9.88 Å². The highest BCUT2D eigenvalue weighted by molar-refractivity contribution is 9.10. The number of nitro benzene ring substituents is 1. The highest BCUT2D eigenvalue weighted by Gasteiger charge is 2.16. The van der Waals surface area contributed by atoms with E-state index >= 15 is 0 Å². The van der Waals surface area contributed by atoms with Gasteiger partial charge in [0.2, 0.25) is 0 Å². The van der Waals surface area contributed by atoms with Crippen LogP contribution in [-0.2, 0) is 7.05 Å². The smallest absolute Gasteiger partial charge is 0.289 e. The van der Waals surface area contributed by atoms with Crippen LogP contribution in [0.1, 0.15) is 10.5 Å². The minimum absolute atomic E-state index is 0.0228. The van der Waals surface area contributed by atoms with Crippen molar-refractivity contribution in [2.24, 2.45) is 7.05 Å². The van der Waals surface area contributed by atoms with E-state index < -0.39 is 4.92 Å². The molecule has 0 radical (unpaired) electrons. The molecule has 0 saturated heterocycles. The van der Waals surface area contributed by atoms with Crippen molar-refractivity contribution in [1.82, 2.24) is 4.57 Å². The lowest BCUT2D eigenvalue weighted by atomic mass is 10.2. The van der Waals surface area contributed by atoms with E-state index in [1.54, 1.807) is 23.9 Å². The van der Waals surface area contributed by atoms with Gasteiger partial charge in [-0.2, -0.15) is 0 Å². The van der Waals surface area contributed by atoms with Gasteiger partial charge in [0, 0.05) is 29.5 Å². The Morgan fingerprint density at radius 1 is 1.45 bits per heavy atom. The maximum Gasteiger partial charge on any atom is 0.289 e. The van der Waals surface area contributed by atoms with Gasteiger partial charge in [-0.25, -0.2) is 0 Å². The Labute approximate surface area is 127 Å². The number of rotatable bonds is 3. The van der Waals surface area contributed by atoms with Gasteiger partial charge in [0.25, 0.3) is 11.6 Å². The number of nitrogens with one attached hydrogen (secondary N) is 1. The Kier molecular flexibility index (Phi) is 4.10. The Morgan fingerprint density at radius 3 is 2.70 bits per heavy atom. The minimum Gasteiger partial charge on any atom is -0.345 e. The van der Waals surface area contributed by atoms with E-state index in [1.165, 1.54) is 18.2 Å². The third-order valence-electron chi connectivity index (χ3n) is 2.60. The average molecular weight is 359 g/mol. The predicted octanol–water partition coefficient (Wildman–Crippen LogP) is 3.60. The van der Waals surface area contributed by atoms with Crippen LogP contribution in [0.2, 0.25) is 5.02 Å². The summed E-state index contributed by atoms with van der Waals surface area (Å²) in [5.74, 6) is -0.366. The molecule has 6 nitrogen and oxygen atoms in total. The molecular formula is C12H9BrClN3O3. The Bertz CT molecular complexity index is 699.